The van der Waals surface area contributed by atoms with Crippen molar-refractivity contribution in [3.05, 3.63) is 70.7 Å². The van der Waals surface area contributed by atoms with Gasteiger partial charge in [-0.15, -0.1) is 0 Å². The Morgan fingerprint density at radius 2 is 1.65 bits per heavy atom. The van der Waals surface area contributed by atoms with Gasteiger partial charge in [0.2, 0.25) is 5.91 Å². The van der Waals surface area contributed by atoms with E-state index < -0.39 is 0 Å². The van der Waals surface area contributed by atoms with Gasteiger partial charge in [-0.2, -0.15) is 0 Å². The van der Waals surface area contributed by atoms with Crippen LogP contribution in [0.15, 0.2) is 54.6 Å². The SMILES string of the molecule is O=C1NCC[C@H](c2ccccc2)[C@@H]1c1ccc(Cl)cc1. The molecule has 1 fully saturated rings. The highest BCUT2D eigenvalue weighted by Gasteiger charge is 2.33. The topological polar surface area (TPSA) is 29.1 Å². The van der Waals surface area contributed by atoms with Crippen molar-refractivity contribution in [1.29, 1.82) is 0 Å². The third-order valence-electron chi connectivity index (χ3n) is 3.90. The molecule has 2 nitrogen and oxygen atoms in total. The maximum atomic E-state index is 12.3. The van der Waals surface area contributed by atoms with Crippen LogP contribution in [0.3, 0.4) is 0 Å². The summed E-state index contributed by atoms with van der Waals surface area (Å²) >= 11 is 5.94. The molecule has 20 heavy (non-hydrogen) atoms. The molecule has 1 aliphatic heterocycles. The maximum absolute atomic E-state index is 12.3. The van der Waals surface area contributed by atoms with E-state index in [0.717, 1.165) is 18.5 Å². The standard InChI is InChI=1S/C17H16ClNO/c18-14-8-6-13(7-9-14)16-15(10-11-19-17(16)20)12-4-2-1-3-5-12/h1-9,15-16H,10-11H2,(H,19,20)/t15-,16+/m1/s1. The van der Waals surface area contributed by atoms with E-state index in [1.165, 1.54) is 5.56 Å². The van der Waals surface area contributed by atoms with Gasteiger partial charge in [0, 0.05) is 17.5 Å². The van der Waals surface area contributed by atoms with Crippen molar-refractivity contribution in [2.75, 3.05) is 6.54 Å². The third-order valence-corrected chi connectivity index (χ3v) is 4.15. The van der Waals surface area contributed by atoms with Crippen molar-refractivity contribution in [1.82, 2.24) is 5.32 Å². The Hall–Kier alpha value is -1.80. The zero-order valence-electron chi connectivity index (χ0n) is 11.1. The highest BCUT2D eigenvalue weighted by Crippen LogP contribution is 2.38. The number of nitrogens with one attached hydrogen (secondary N) is 1. The molecule has 0 unspecified atom stereocenters. The Kier molecular flexibility index (Phi) is 3.75. The van der Waals surface area contributed by atoms with E-state index in [-0.39, 0.29) is 17.7 Å². The number of hydrogen-bond donors (Lipinski definition) is 1. The molecule has 3 heteroatoms. The molecular weight excluding hydrogens is 270 g/mol. The Balaban J connectivity index is 1.99. The number of carbonyl (C=O) groups excluding carboxylic acids is 1. The zero-order valence-corrected chi connectivity index (χ0v) is 11.8. The van der Waals surface area contributed by atoms with Gasteiger partial charge in [0.05, 0.1) is 5.92 Å². The molecule has 0 spiro atoms. The van der Waals surface area contributed by atoms with Crippen LogP contribution >= 0.6 is 11.6 Å². The summed E-state index contributed by atoms with van der Waals surface area (Å²) < 4.78 is 0. The lowest BCUT2D eigenvalue weighted by Gasteiger charge is -2.31. The molecule has 102 valence electrons. The minimum absolute atomic E-state index is 0.104. The summed E-state index contributed by atoms with van der Waals surface area (Å²) in [6.45, 7) is 0.739. The van der Waals surface area contributed by atoms with E-state index in [9.17, 15) is 4.79 Å². The smallest absolute Gasteiger partial charge is 0.228 e. The highest BCUT2D eigenvalue weighted by atomic mass is 35.5. The molecule has 0 bridgehead atoms. The lowest BCUT2D eigenvalue weighted by Crippen LogP contribution is -2.39. The normalized spacial score (nSPS) is 22.4. The lowest BCUT2D eigenvalue weighted by atomic mass is 9.77. The fourth-order valence-corrected chi connectivity index (χ4v) is 3.05. The highest BCUT2D eigenvalue weighted by molar-refractivity contribution is 6.30. The average molecular weight is 286 g/mol. The quantitative estimate of drug-likeness (QED) is 0.895. The van der Waals surface area contributed by atoms with E-state index in [1.807, 2.05) is 42.5 Å². The summed E-state index contributed by atoms with van der Waals surface area (Å²) in [4.78, 5) is 12.3. The van der Waals surface area contributed by atoms with Crippen molar-refractivity contribution in [3.63, 3.8) is 0 Å². The van der Waals surface area contributed by atoms with Crippen LogP contribution in [-0.4, -0.2) is 12.5 Å². The fourth-order valence-electron chi connectivity index (χ4n) is 2.92. The summed E-state index contributed by atoms with van der Waals surface area (Å²) in [5.41, 5.74) is 2.25. The predicted octanol–water partition coefficient (Wildman–Crippen LogP) is 3.73. The third kappa shape index (κ3) is 2.56. The van der Waals surface area contributed by atoms with E-state index >= 15 is 0 Å². The van der Waals surface area contributed by atoms with Crippen LogP contribution in [0.2, 0.25) is 5.02 Å². The molecule has 0 aliphatic carbocycles. The molecule has 2 aromatic rings. The van der Waals surface area contributed by atoms with E-state index in [2.05, 4.69) is 17.4 Å². The number of benzene rings is 2. The van der Waals surface area contributed by atoms with Gasteiger partial charge in [-0.25, -0.2) is 0 Å². The second-order valence-corrected chi connectivity index (χ2v) is 5.56. The number of halogens is 1. The van der Waals surface area contributed by atoms with Crippen LogP contribution in [0, 0.1) is 0 Å². The van der Waals surface area contributed by atoms with Gasteiger partial charge >= 0.3 is 0 Å². The molecule has 1 amide bonds. The molecule has 1 heterocycles. The first-order valence-corrected chi connectivity index (χ1v) is 7.21. The average Bonchev–Trinajstić information content (AvgIpc) is 2.49. The molecule has 0 aromatic heterocycles. The Morgan fingerprint density at radius 1 is 0.950 bits per heavy atom. The van der Waals surface area contributed by atoms with E-state index in [4.69, 9.17) is 11.6 Å². The van der Waals surface area contributed by atoms with Crippen LogP contribution in [-0.2, 0) is 4.79 Å². The number of hydrogen-bond acceptors (Lipinski definition) is 1. The minimum Gasteiger partial charge on any atom is -0.356 e. The monoisotopic (exact) mass is 285 g/mol. The molecule has 2 atom stereocenters. The number of amides is 1. The zero-order chi connectivity index (χ0) is 13.9. The van der Waals surface area contributed by atoms with Crippen LogP contribution in [0.25, 0.3) is 0 Å². The molecule has 1 saturated heterocycles. The molecule has 0 saturated carbocycles. The number of carbonyl (C=O) groups is 1. The predicted molar refractivity (Wildman–Crippen MR) is 81.0 cm³/mol. The maximum Gasteiger partial charge on any atom is 0.228 e. The molecule has 0 radical (unpaired) electrons. The molecule has 1 N–H and O–H groups in total. The van der Waals surface area contributed by atoms with E-state index in [1.54, 1.807) is 0 Å². The Bertz CT molecular complexity index is 594. The Labute approximate surface area is 123 Å². The van der Waals surface area contributed by atoms with Crippen molar-refractivity contribution in [2.45, 2.75) is 18.3 Å². The van der Waals surface area contributed by atoms with Gasteiger partial charge in [0.1, 0.15) is 0 Å². The number of rotatable bonds is 2. The van der Waals surface area contributed by atoms with Crippen molar-refractivity contribution in [2.24, 2.45) is 0 Å². The fraction of sp³-hybridized carbons (Fsp3) is 0.235. The summed E-state index contributed by atoms with van der Waals surface area (Å²) in [7, 11) is 0. The summed E-state index contributed by atoms with van der Waals surface area (Å²) in [5, 5.41) is 3.67. The van der Waals surface area contributed by atoms with Gasteiger partial charge in [0.25, 0.3) is 0 Å². The molecule has 3 rings (SSSR count). The van der Waals surface area contributed by atoms with Crippen LogP contribution < -0.4 is 5.32 Å². The van der Waals surface area contributed by atoms with Gasteiger partial charge in [-0.1, -0.05) is 54.1 Å². The van der Waals surface area contributed by atoms with Gasteiger partial charge in [-0.05, 0) is 29.7 Å². The van der Waals surface area contributed by atoms with E-state index in [0.29, 0.717) is 5.02 Å². The van der Waals surface area contributed by atoms with Gasteiger partial charge < -0.3 is 5.32 Å². The van der Waals surface area contributed by atoms with Crippen LogP contribution in [0.5, 0.6) is 0 Å². The van der Waals surface area contributed by atoms with Crippen LogP contribution in [0.1, 0.15) is 29.4 Å². The first kappa shape index (κ1) is 13.2. The number of piperidine rings is 1. The van der Waals surface area contributed by atoms with Crippen LogP contribution in [0.4, 0.5) is 0 Å². The molecule has 1 aliphatic rings. The lowest BCUT2D eigenvalue weighted by molar-refractivity contribution is -0.124. The Morgan fingerprint density at radius 3 is 2.35 bits per heavy atom. The largest absolute Gasteiger partial charge is 0.356 e. The van der Waals surface area contributed by atoms with Gasteiger partial charge in [-0.3, -0.25) is 4.79 Å². The molecular formula is C17H16ClNO. The van der Waals surface area contributed by atoms with Gasteiger partial charge in [0.15, 0.2) is 0 Å². The minimum atomic E-state index is -0.136. The molecule has 2 aromatic carbocycles. The van der Waals surface area contributed by atoms with Crippen molar-refractivity contribution < 1.29 is 4.79 Å². The van der Waals surface area contributed by atoms with Crippen molar-refractivity contribution >= 4 is 17.5 Å². The van der Waals surface area contributed by atoms with Crippen molar-refractivity contribution in [3.8, 4) is 0 Å². The second kappa shape index (κ2) is 5.68. The first-order chi connectivity index (χ1) is 9.75. The summed E-state index contributed by atoms with van der Waals surface area (Å²) in [6.07, 6.45) is 0.961. The first-order valence-electron chi connectivity index (χ1n) is 6.84. The summed E-state index contributed by atoms with van der Waals surface area (Å²) in [5.74, 6) is 0.196. The second-order valence-electron chi connectivity index (χ2n) is 5.13. The summed E-state index contributed by atoms with van der Waals surface area (Å²) in [6, 6.07) is 17.9.